The van der Waals surface area contributed by atoms with Crippen LogP contribution in [0.4, 0.5) is 0 Å². The number of nitrogens with one attached hydrogen (secondary N) is 3. The van der Waals surface area contributed by atoms with E-state index in [9.17, 15) is 9.59 Å². The highest BCUT2D eigenvalue weighted by Gasteiger charge is 2.23. The van der Waals surface area contributed by atoms with Crippen molar-refractivity contribution in [1.82, 2.24) is 15.6 Å². The largest absolute Gasteiger partial charge is 0.467 e. The van der Waals surface area contributed by atoms with Gasteiger partial charge in [-0.3, -0.25) is 9.79 Å². The Bertz CT molecular complexity index is 1120. The van der Waals surface area contributed by atoms with Crippen molar-refractivity contribution in [2.45, 2.75) is 12.5 Å². The van der Waals surface area contributed by atoms with Crippen molar-refractivity contribution in [3.8, 4) is 0 Å². The molecule has 4 rings (SSSR count). The second-order valence-electron chi connectivity index (χ2n) is 7.02. The number of carbonyl (C=O) groups is 2. The van der Waals surface area contributed by atoms with E-state index in [-0.39, 0.29) is 5.91 Å². The maximum atomic E-state index is 12.7. The Morgan fingerprint density at radius 2 is 2.00 bits per heavy atom. The lowest BCUT2D eigenvalue weighted by Crippen LogP contribution is -2.43. The van der Waals surface area contributed by atoms with Crippen LogP contribution in [0, 0.1) is 0 Å². The minimum absolute atomic E-state index is 0.310. The van der Waals surface area contributed by atoms with Crippen molar-refractivity contribution in [3.63, 3.8) is 0 Å². The Hall–Kier alpha value is -3.32. The van der Waals surface area contributed by atoms with Gasteiger partial charge in [-0.05, 0) is 29.8 Å². The number of rotatable bonds is 6. The first-order chi connectivity index (χ1) is 14.5. The molecule has 154 valence electrons. The molecule has 0 saturated carbocycles. The number of esters is 1. The lowest BCUT2D eigenvalue weighted by molar-refractivity contribution is -0.142. The van der Waals surface area contributed by atoms with Crippen LogP contribution in [0.15, 0.2) is 53.5 Å². The zero-order valence-electron chi connectivity index (χ0n) is 16.4. The molecule has 1 aliphatic heterocycles. The minimum atomic E-state index is -0.815. The summed E-state index contributed by atoms with van der Waals surface area (Å²) >= 11 is 6.01. The van der Waals surface area contributed by atoms with Crippen LogP contribution in [0.2, 0.25) is 5.02 Å². The number of halogens is 1. The molecule has 1 aromatic heterocycles. The number of nitrogens with zero attached hydrogens (tertiary/aromatic N) is 1. The van der Waals surface area contributed by atoms with Gasteiger partial charge in [0.25, 0.3) is 5.91 Å². The van der Waals surface area contributed by atoms with Gasteiger partial charge in [0, 0.05) is 34.5 Å². The number of carbonyl (C=O) groups excluding carboxylic acids is 2. The summed E-state index contributed by atoms with van der Waals surface area (Å²) in [5.74, 6) is -0.0226. The van der Waals surface area contributed by atoms with Gasteiger partial charge >= 0.3 is 5.97 Å². The summed E-state index contributed by atoms with van der Waals surface area (Å²) in [5.41, 5.74) is 3.03. The van der Waals surface area contributed by atoms with Crippen LogP contribution >= 0.6 is 11.6 Å². The lowest BCUT2D eigenvalue weighted by atomic mass is 10.0. The van der Waals surface area contributed by atoms with Gasteiger partial charge in [0.2, 0.25) is 0 Å². The molecular formula is C22H21ClN4O3. The predicted molar refractivity (Wildman–Crippen MR) is 116 cm³/mol. The third-order valence-electron chi connectivity index (χ3n) is 4.96. The quantitative estimate of drug-likeness (QED) is 0.530. The predicted octanol–water partition coefficient (Wildman–Crippen LogP) is 2.69. The molecule has 1 atom stereocenters. The maximum Gasteiger partial charge on any atom is 0.328 e. The molecule has 0 fully saturated rings. The van der Waals surface area contributed by atoms with E-state index >= 15 is 0 Å². The van der Waals surface area contributed by atoms with E-state index in [0.29, 0.717) is 17.1 Å². The van der Waals surface area contributed by atoms with Crippen LogP contribution < -0.4 is 10.6 Å². The first-order valence-electron chi connectivity index (χ1n) is 9.58. The van der Waals surface area contributed by atoms with E-state index in [4.69, 9.17) is 16.3 Å². The molecular weight excluding hydrogens is 404 g/mol. The van der Waals surface area contributed by atoms with Gasteiger partial charge in [-0.2, -0.15) is 0 Å². The van der Waals surface area contributed by atoms with Gasteiger partial charge < -0.3 is 20.4 Å². The molecule has 3 aromatic rings. The SMILES string of the molecule is COC(=O)C(Cc1ccc(C2=NCCN2)cc1)NC(=O)c1cc2cc(Cl)ccc2[nH]1. The minimum Gasteiger partial charge on any atom is -0.467 e. The molecule has 2 aromatic carbocycles. The Balaban J connectivity index is 1.49. The van der Waals surface area contributed by atoms with Crippen molar-refractivity contribution in [3.05, 3.63) is 70.4 Å². The van der Waals surface area contributed by atoms with Crippen molar-refractivity contribution >= 4 is 40.2 Å². The molecule has 0 saturated heterocycles. The second-order valence-corrected chi connectivity index (χ2v) is 7.46. The normalized spacial score (nSPS) is 14.1. The summed E-state index contributed by atoms with van der Waals surface area (Å²) in [5, 5.41) is 7.40. The number of aliphatic imine (C=N–C) groups is 1. The number of aromatic nitrogens is 1. The van der Waals surface area contributed by atoms with E-state index in [1.54, 1.807) is 24.3 Å². The highest BCUT2D eigenvalue weighted by Crippen LogP contribution is 2.20. The van der Waals surface area contributed by atoms with Gasteiger partial charge in [-0.15, -0.1) is 0 Å². The van der Waals surface area contributed by atoms with Crippen molar-refractivity contribution in [2.24, 2.45) is 4.99 Å². The van der Waals surface area contributed by atoms with Gasteiger partial charge in [0.05, 0.1) is 13.7 Å². The summed E-state index contributed by atoms with van der Waals surface area (Å²) in [4.78, 5) is 32.5. The maximum absolute atomic E-state index is 12.7. The average molecular weight is 425 g/mol. The molecule has 1 unspecified atom stereocenters. The molecule has 2 heterocycles. The number of amides is 1. The second kappa shape index (κ2) is 8.59. The average Bonchev–Trinajstić information content (AvgIpc) is 3.43. The van der Waals surface area contributed by atoms with Crippen LogP contribution in [0.25, 0.3) is 10.9 Å². The van der Waals surface area contributed by atoms with E-state index in [2.05, 4.69) is 20.6 Å². The molecule has 0 aliphatic carbocycles. The zero-order valence-corrected chi connectivity index (χ0v) is 17.1. The van der Waals surface area contributed by atoms with E-state index in [1.165, 1.54) is 7.11 Å². The number of ether oxygens (including phenoxy) is 1. The number of H-pyrrole nitrogens is 1. The van der Waals surface area contributed by atoms with Crippen LogP contribution in [-0.4, -0.2) is 48.9 Å². The number of amidine groups is 1. The molecule has 1 amide bonds. The van der Waals surface area contributed by atoms with Crippen molar-refractivity contribution in [1.29, 1.82) is 0 Å². The molecule has 0 bridgehead atoms. The highest BCUT2D eigenvalue weighted by atomic mass is 35.5. The number of fused-ring (bicyclic) bond motifs is 1. The monoisotopic (exact) mass is 424 g/mol. The molecule has 30 heavy (non-hydrogen) atoms. The third kappa shape index (κ3) is 4.31. The van der Waals surface area contributed by atoms with Crippen LogP contribution in [0.5, 0.6) is 0 Å². The summed E-state index contributed by atoms with van der Waals surface area (Å²) in [6, 6.07) is 13.9. The number of benzene rings is 2. The first kappa shape index (κ1) is 20.0. The van der Waals surface area contributed by atoms with Crippen LogP contribution in [0.3, 0.4) is 0 Å². The third-order valence-corrected chi connectivity index (χ3v) is 5.19. The van der Waals surface area contributed by atoms with E-state index < -0.39 is 12.0 Å². The van der Waals surface area contributed by atoms with Crippen LogP contribution in [0.1, 0.15) is 21.6 Å². The summed E-state index contributed by atoms with van der Waals surface area (Å²) in [6.45, 7) is 1.61. The number of hydrogen-bond acceptors (Lipinski definition) is 5. The van der Waals surface area contributed by atoms with Gasteiger partial charge in [-0.25, -0.2) is 4.79 Å². The molecule has 1 aliphatic rings. The van der Waals surface area contributed by atoms with Gasteiger partial charge in [0.1, 0.15) is 17.6 Å². The number of methoxy groups -OCH3 is 1. The molecule has 0 radical (unpaired) electrons. The smallest absolute Gasteiger partial charge is 0.328 e. The summed E-state index contributed by atoms with van der Waals surface area (Å²) in [7, 11) is 1.30. The lowest BCUT2D eigenvalue weighted by Gasteiger charge is -2.16. The number of hydrogen-bond donors (Lipinski definition) is 3. The molecule has 7 nitrogen and oxygen atoms in total. The Labute approximate surface area is 178 Å². The zero-order chi connectivity index (χ0) is 21.1. The topological polar surface area (TPSA) is 95.6 Å². The van der Waals surface area contributed by atoms with E-state index in [1.807, 2.05) is 24.3 Å². The number of aromatic amines is 1. The fourth-order valence-electron chi connectivity index (χ4n) is 3.42. The Morgan fingerprint density at radius 1 is 1.20 bits per heavy atom. The molecule has 3 N–H and O–H groups in total. The van der Waals surface area contributed by atoms with Crippen LogP contribution in [-0.2, 0) is 16.0 Å². The van der Waals surface area contributed by atoms with Gasteiger partial charge in [-0.1, -0.05) is 35.9 Å². The standard InChI is InChI=1S/C22H21ClN4O3/c1-30-22(29)19(10-13-2-4-14(5-3-13)20-24-8-9-25-20)27-21(28)18-12-15-11-16(23)6-7-17(15)26-18/h2-7,11-12,19,26H,8-10H2,1H3,(H,24,25)(H,27,28). The molecule has 0 spiro atoms. The van der Waals surface area contributed by atoms with Crippen molar-refractivity contribution in [2.75, 3.05) is 20.2 Å². The summed E-state index contributed by atoms with van der Waals surface area (Å²) in [6.07, 6.45) is 0.310. The summed E-state index contributed by atoms with van der Waals surface area (Å²) < 4.78 is 4.89. The Morgan fingerprint density at radius 3 is 2.70 bits per heavy atom. The highest BCUT2D eigenvalue weighted by molar-refractivity contribution is 6.31. The molecule has 8 heteroatoms. The first-order valence-corrected chi connectivity index (χ1v) is 9.96. The van der Waals surface area contributed by atoms with Crippen molar-refractivity contribution < 1.29 is 14.3 Å². The fourth-order valence-corrected chi connectivity index (χ4v) is 3.60. The fraction of sp³-hybridized carbons (Fsp3) is 0.227. The van der Waals surface area contributed by atoms with Gasteiger partial charge in [0.15, 0.2) is 0 Å². The van der Waals surface area contributed by atoms with E-state index in [0.717, 1.165) is 41.0 Å². The Kier molecular flexibility index (Phi) is 5.72.